The number of hydrogen-bond donors (Lipinski definition) is 1. The summed E-state index contributed by atoms with van der Waals surface area (Å²) in [6.07, 6.45) is 2.08. The predicted octanol–water partition coefficient (Wildman–Crippen LogP) is 4.29. The summed E-state index contributed by atoms with van der Waals surface area (Å²) in [7, 11) is 3.38. The first-order valence-corrected chi connectivity index (χ1v) is 8.45. The van der Waals surface area contributed by atoms with Gasteiger partial charge in [-0.05, 0) is 60.7 Å². The van der Waals surface area contributed by atoms with E-state index in [9.17, 15) is 0 Å². The van der Waals surface area contributed by atoms with Crippen LogP contribution in [0.15, 0.2) is 36.4 Å². The Bertz CT molecular complexity index is 708. The fourth-order valence-electron chi connectivity index (χ4n) is 3.46. The molecule has 0 amide bonds. The second-order valence-corrected chi connectivity index (χ2v) is 6.36. The van der Waals surface area contributed by atoms with Crippen molar-refractivity contribution in [2.24, 2.45) is 0 Å². The van der Waals surface area contributed by atoms with Crippen LogP contribution in [0.2, 0.25) is 0 Å². The van der Waals surface area contributed by atoms with Crippen LogP contribution in [-0.4, -0.2) is 32.2 Å². The minimum absolute atomic E-state index is 0. The first-order valence-electron chi connectivity index (χ1n) is 8.45. The Kier molecular flexibility index (Phi) is 8.54. The number of halogens is 2. The van der Waals surface area contributed by atoms with Gasteiger partial charge in [0.2, 0.25) is 0 Å². The molecule has 2 aromatic carbocycles. The minimum Gasteiger partial charge on any atom is -0.493 e. The predicted molar refractivity (Wildman–Crippen MR) is 112 cm³/mol. The van der Waals surface area contributed by atoms with E-state index in [0.717, 1.165) is 43.1 Å². The Morgan fingerprint density at radius 2 is 1.65 bits per heavy atom. The van der Waals surface area contributed by atoms with E-state index in [1.54, 1.807) is 14.2 Å². The van der Waals surface area contributed by atoms with Crippen LogP contribution in [-0.2, 0) is 12.8 Å². The van der Waals surface area contributed by atoms with Crippen molar-refractivity contribution in [3.05, 3.63) is 53.1 Å². The lowest BCUT2D eigenvalue weighted by Gasteiger charge is -2.35. The van der Waals surface area contributed by atoms with Crippen LogP contribution in [0.25, 0.3) is 0 Å². The van der Waals surface area contributed by atoms with Crippen LogP contribution in [0.3, 0.4) is 0 Å². The standard InChI is InChI=1S/C20H26N2O2.2ClH/c1-14-18-13-20(24-3)19(23-2)12-16(18)9-11-22(14)10-8-15-4-6-17(21)7-5-15;;/h4-7,12-14H,8-11,21H2,1-3H3;2*1H. The van der Waals surface area contributed by atoms with Gasteiger partial charge in [0.25, 0.3) is 0 Å². The number of nitrogen functional groups attached to an aromatic ring is 1. The van der Waals surface area contributed by atoms with E-state index in [4.69, 9.17) is 15.2 Å². The monoisotopic (exact) mass is 398 g/mol. The van der Waals surface area contributed by atoms with Gasteiger partial charge in [-0.1, -0.05) is 12.1 Å². The summed E-state index contributed by atoms with van der Waals surface area (Å²) in [5.74, 6) is 1.63. The summed E-state index contributed by atoms with van der Waals surface area (Å²) >= 11 is 0. The second-order valence-electron chi connectivity index (χ2n) is 6.36. The van der Waals surface area contributed by atoms with Gasteiger partial charge < -0.3 is 15.2 Å². The molecule has 0 spiro atoms. The first kappa shape index (κ1) is 22.4. The normalized spacial score (nSPS) is 16.0. The molecule has 1 aliphatic heterocycles. The van der Waals surface area contributed by atoms with Gasteiger partial charge in [0.05, 0.1) is 14.2 Å². The van der Waals surface area contributed by atoms with E-state index < -0.39 is 0 Å². The van der Waals surface area contributed by atoms with Gasteiger partial charge in [-0.3, -0.25) is 4.90 Å². The zero-order chi connectivity index (χ0) is 17.1. The molecule has 0 fully saturated rings. The van der Waals surface area contributed by atoms with E-state index in [1.165, 1.54) is 16.7 Å². The molecule has 4 nitrogen and oxygen atoms in total. The number of methoxy groups -OCH3 is 2. The third-order valence-electron chi connectivity index (χ3n) is 4.98. The Labute approximate surface area is 168 Å². The number of hydrogen-bond acceptors (Lipinski definition) is 4. The Balaban J connectivity index is 0.00000169. The van der Waals surface area contributed by atoms with E-state index in [1.807, 2.05) is 12.1 Å². The van der Waals surface area contributed by atoms with Crippen LogP contribution in [0.5, 0.6) is 11.5 Å². The van der Waals surface area contributed by atoms with E-state index >= 15 is 0 Å². The van der Waals surface area contributed by atoms with Crippen LogP contribution < -0.4 is 15.2 Å². The average Bonchev–Trinajstić information content (AvgIpc) is 2.61. The molecule has 144 valence electrons. The maximum absolute atomic E-state index is 5.76. The third-order valence-corrected chi connectivity index (χ3v) is 4.98. The van der Waals surface area contributed by atoms with Crippen LogP contribution in [0.4, 0.5) is 5.69 Å². The molecular weight excluding hydrogens is 371 g/mol. The number of fused-ring (bicyclic) bond motifs is 1. The molecule has 26 heavy (non-hydrogen) atoms. The third kappa shape index (κ3) is 4.76. The Hall–Kier alpha value is -1.62. The van der Waals surface area contributed by atoms with Crippen LogP contribution in [0.1, 0.15) is 29.7 Å². The second kappa shape index (κ2) is 9.91. The van der Waals surface area contributed by atoms with Gasteiger partial charge in [0.1, 0.15) is 0 Å². The van der Waals surface area contributed by atoms with Crippen molar-refractivity contribution in [2.45, 2.75) is 25.8 Å². The number of nitrogens with two attached hydrogens (primary N) is 1. The van der Waals surface area contributed by atoms with E-state index in [-0.39, 0.29) is 24.8 Å². The van der Waals surface area contributed by atoms with Gasteiger partial charge >= 0.3 is 0 Å². The van der Waals surface area contributed by atoms with E-state index in [0.29, 0.717) is 6.04 Å². The van der Waals surface area contributed by atoms with Crippen LogP contribution in [0, 0.1) is 0 Å². The summed E-state index contributed by atoms with van der Waals surface area (Å²) in [6, 6.07) is 12.8. The van der Waals surface area contributed by atoms with Gasteiger partial charge in [-0.2, -0.15) is 0 Å². The highest BCUT2D eigenvalue weighted by molar-refractivity contribution is 5.85. The molecule has 1 aliphatic rings. The van der Waals surface area contributed by atoms with Crippen molar-refractivity contribution >= 4 is 30.5 Å². The molecule has 0 bridgehead atoms. The Morgan fingerprint density at radius 1 is 1.04 bits per heavy atom. The number of ether oxygens (including phenoxy) is 2. The molecule has 0 radical (unpaired) electrons. The highest BCUT2D eigenvalue weighted by Crippen LogP contribution is 2.37. The molecule has 0 aliphatic carbocycles. The van der Waals surface area contributed by atoms with Crippen molar-refractivity contribution in [1.29, 1.82) is 0 Å². The smallest absolute Gasteiger partial charge is 0.161 e. The molecule has 0 saturated carbocycles. The molecule has 2 N–H and O–H groups in total. The molecule has 0 saturated heterocycles. The molecule has 1 unspecified atom stereocenters. The number of anilines is 1. The van der Waals surface area contributed by atoms with Gasteiger partial charge in [-0.25, -0.2) is 0 Å². The van der Waals surface area contributed by atoms with Gasteiger partial charge in [-0.15, -0.1) is 24.8 Å². The quantitative estimate of drug-likeness (QED) is 0.762. The average molecular weight is 399 g/mol. The zero-order valence-corrected chi connectivity index (χ0v) is 17.2. The van der Waals surface area contributed by atoms with Gasteiger partial charge in [0, 0.05) is 24.8 Å². The number of rotatable bonds is 5. The first-order chi connectivity index (χ1) is 11.6. The summed E-state index contributed by atoms with van der Waals surface area (Å²) in [5, 5.41) is 0. The summed E-state index contributed by atoms with van der Waals surface area (Å²) < 4.78 is 10.9. The largest absolute Gasteiger partial charge is 0.493 e. The highest BCUT2D eigenvalue weighted by Gasteiger charge is 2.25. The maximum atomic E-state index is 5.76. The maximum Gasteiger partial charge on any atom is 0.161 e. The highest BCUT2D eigenvalue weighted by atomic mass is 35.5. The summed E-state index contributed by atoms with van der Waals surface area (Å²) in [6.45, 7) is 4.38. The van der Waals surface area contributed by atoms with Gasteiger partial charge in [0.15, 0.2) is 11.5 Å². The fourth-order valence-corrected chi connectivity index (χ4v) is 3.46. The lowest BCUT2D eigenvalue weighted by Crippen LogP contribution is -2.35. The lowest BCUT2D eigenvalue weighted by atomic mass is 9.92. The van der Waals surface area contributed by atoms with E-state index in [2.05, 4.69) is 36.1 Å². The lowest BCUT2D eigenvalue weighted by molar-refractivity contribution is 0.200. The molecule has 0 aromatic heterocycles. The number of nitrogens with zero attached hydrogens (tertiary/aromatic N) is 1. The molecule has 3 rings (SSSR count). The van der Waals surface area contributed by atoms with Crippen molar-refractivity contribution in [2.75, 3.05) is 33.0 Å². The topological polar surface area (TPSA) is 47.7 Å². The minimum atomic E-state index is 0. The molecular formula is C20H28Cl2N2O2. The zero-order valence-electron chi connectivity index (χ0n) is 15.5. The van der Waals surface area contributed by atoms with Crippen molar-refractivity contribution in [3.63, 3.8) is 0 Å². The van der Waals surface area contributed by atoms with Crippen molar-refractivity contribution < 1.29 is 9.47 Å². The molecule has 1 atom stereocenters. The molecule has 1 heterocycles. The summed E-state index contributed by atoms with van der Waals surface area (Å²) in [4.78, 5) is 2.53. The van der Waals surface area contributed by atoms with Crippen molar-refractivity contribution in [1.82, 2.24) is 4.90 Å². The Morgan fingerprint density at radius 3 is 2.27 bits per heavy atom. The SMILES string of the molecule is COc1cc2c(cc1OC)C(C)N(CCc1ccc(N)cc1)CC2.Cl.Cl. The number of benzene rings is 2. The van der Waals surface area contributed by atoms with Crippen molar-refractivity contribution in [3.8, 4) is 11.5 Å². The molecule has 6 heteroatoms. The fraction of sp³-hybridized carbons (Fsp3) is 0.400. The van der Waals surface area contributed by atoms with Crippen LogP contribution >= 0.6 is 24.8 Å². The molecule has 2 aromatic rings. The summed E-state index contributed by atoms with van der Waals surface area (Å²) in [5.41, 5.74) is 10.6.